The number of sulfonamides is 1. The van der Waals surface area contributed by atoms with Crippen molar-refractivity contribution in [2.45, 2.75) is 37.6 Å². The van der Waals surface area contributed by atoms with E-state index in [2.05, 4.69) is 11.6 Å². The molecule has 6 heteroatoms. The lowest BCUT2D eigenvalue weighted by Crippen LogP contribution is -2.30. The van der Waals surface area contributed by atoms with Crippen molar-refractivity contribution in [3.05, 3.63) is 28.8 Å². The van der Waals surface area contributed by atoms with Gasteiger partial charge in [0.15, 0.2) is 0 Å². The molecule has 0 bridgehead atoms. The lowest BCUT2D eigenvalue weighted by atomic mass is 9.99. The molecule has 1 aromatic carbocycles. The maximum Gasteiger partial charge on any atom is 0.240 e. The Morgan fingerprint density at radius 1 is 1.40 bits per heavy atom. The lowest BCUT2D eigenvalue weighted by Gasteiger charge is -2.16. The third-order valence-electron chi connectivity index (χ3n) is 4.13. The average Bonchev–Trinajstić information content (AvgIpc) is 2.82. The van der Waals surface area contributed by atoms with E-state index in [4.69, 9.17) is 17.3 Å². The van der Waals surface area contributed by atoms with Crippen LogP contribution in [0.4, 0.5) is 0 Å². The number of rotatable bonds is 5. The number of nitrogens with two attached hydrogens (primary N) is 1. The van der Waals surface area contributed by atoms with Crippen molar-refractivity contribution >= 4 is 21.6 Å². The van der Waals surface area contributed by atoms with E-state index in [1.807, 2.05) is 0 Å². The molecule has 0 amide bonds. The third-order valence-corrected chi connectivity index (χ3v) is 5.90. The molecule has 1 aromatic rings. The Labute approximate surface area is 125 Å². The van der Waals surface area contributed by atoms with E-state index in [-0.39, 0.29) is 4.90 Å². The Hall–Kier alpha value is -0.620. The first-order valence-electron chi connectivity index (χ1n) is 6.92. The molecule has 20 heavy (non-hydrogen) atoms. The summed E-state index contributed by atoms with van der Waals surface area (Å²) in [7, 11) is -3.49. The molecule has 0 aliphatic heterocycles. The minimum absolute atomic E-state index is 0.199. The van der Waals surface area contributed by atoms with Gasteiger partial charge in [0, 0.05) is 18.1 Å². The van der Waals surface area contributed by atoms with Crippen LogP contribution in [0.25, 0.3) is 0 Å². The van der Waals surface area contributed by atoms with Crippen LogP contribution in [0.5, 0.6) is 0 Å². The smallest absolute Gasteiger partial charge is 0.240 e. The van der Waals surface area contributed by atoms with Crippen LogP contribution in [0, 0.1) is 11.8 Å². The van der Waals surface area contributed by atoms with Crippen molar-refractivity contribution in [1.29, 1.82) is 0 Å². The zero-order chi connectivity index (χ0) is 14.8. The van der Waals surface area contributed by atoms with Gasteiger partial charge in [0.25, 0.3) is 0 Å². The predicted molar refractivity (Wildman–Crippen MR) is 81.0 cm³/mol. The van der Waals surface area contributed by atoms with Crippen molar-refractivity contribution in [3.63, 3.8) is 0 Å². The SMILES string of the molecule is CC1CCCC1CNS(=O)(=O)c1ccc(CN)c(Cl)c1. The molecule has 2 atom stereocenters. The highest BCUT2D eigenvalue weighted by Gasteiger charge is 2.25. The molecular weight excluding hydrogens is 296 g/mol. The van der Waals surface area contributed by atoms with Gasteiger partial charge in [-0.05, 0) is 36.0 Å². The fourth-order valence-corrected chi connectivity index (χ4v) is 4.13. The van der Waals surface area contributed by atoms with Gasteiger partial charge >= 0.3 is 0 Å². The second-order valence-corrected chi connectivity index (χ2v) is 7.65. The van der Waals surface area contributed by atoms with Gasteiger partial charge in [0.05, 0.1) is 4.90 Å². The Morgan fingerprint density at radius 2 is 2.15 bits per heavy atom. The Kier molecular flexibility index (Phi) is 5.07. The fourth-order valence-electron chi connectivity index (χ4n) is 2.69. The maximum atomic E-state index is 12.2. The molecule has 2 rings (SSSR count). The molecule has 4 nitrogen and oxygen atoms in total. The van der Waals surface area contributed by atoms with Crippen molar-refractivity contribution in [3.8, 4) is 0 Å². The van der Waals surface area contributed by atoms with Gasteiger partial charge in [-0.2, -0.15) is 0 Å². The fraction of sp³-hybridized carbons (Fsp3) is 0.571. The van der Waals surface area contributed by atoms with E-state index >= 15 is 0 Å². The monoisotopic (exact) mass is 316 g/mol. The zero-order valence-corrected chi connectivity index (χ0v) is 13.2. The van der Waals surface area contributed by atoms with Crippen LogP contribution < -0.4 is 10.5 Å². The third kappa shape index (κ3) is 3.52. The molecule has 3 N–H and O–H groups in total. The van der Waals surface area contributed by atoms with Crippen LogP contribution in [-0.4, -0.2) is 15.0 Å². The van der Waals surface area contributed by atoms with Crippen molar-refractivity contribution < 1.29 is 8.42 Å². The molecular formula is C14H21ClN2O2S. The van der Waals surface area contributed by atoms with E-state index in [0.29, 0.717) is 29.9 Å². The Morgan fingerprint density at radius 3 is 2.70 bits per heavy atom. The quantitative estimate of drug-likeness (QED) is 0.876. The van der Waals surface area contributed by atoms with Crippen LogP contribution in [-0.2, 0) is 16.6 Å². The zero-order valence-electron chi connectivity index (χ0n) is 11.6. The highest BCUT2D eigenvalue weighted by Crippen LogP contribution is 2.30. The molecule has 0 heterocycles. The van der Waals surface area contributed by atoms with Gasteiger partial charge < -0.3 is 5.73 Å². The van der Waals surface area contributed by atoms with E-state index in [1.165, 1.54) is 18.9 Å². The van der Waals surface area contributed by atoms with Crippen molar-refractivity contribution in [1.82, 2.24) is 4.72 Å². The summed E-state index contributed by atoms with van der Waals surface area (Å²) in [4.78, 5) is 0.199. The normalized spacial score (nSPS) is 23.1. The largest absolute Gasteiger partial charge is 0.326 e. The molecule has 0 radical (unpaired) electrons. The molecule has 0 spiro atoms. The second kappa shape index (κ2) is 6.43. The highest BCUT2D eigenvalue weighted by atomic mass is 35.5. The second-order valence-electron chi connectivity index (χ2n) is 5.48. The summed E-state index contributed by atoms with van der Waals surface area (Å²) in [6.07, 6.45) is 3.46. The number of nitrogens with one attached hydrogen (secondary N) is 1. The van der Waals surface area contributed by atoms with Crippen LogP contribution in [0.15, 0.2) is 23.1 Å². The number of hydrogen-bond acceptors (Lipinski definition) is 3. The molecule has 1 saturated carbocycles. The van der Waals surface area contributed by atoms with Gasteiger partial charge in [-0.15, -0.1) is 0 Å². The summed E-state index contributed by atoms with van der Waals surface area (Å²) < 4.78 is 27.2. The number of benzene rings is 1. The summed E-state index contributed by atoms with van der Waals surface area (Å²) in [6.45, 7) is 2.98. The van der Waals surface area contributed by atoms with Gasteiger partial charge in [0.1, 0.15) is 0 Å². The standard InChI is InChI=1S/C14H21ClN2O2S/c1-10-3-2-4-12(10)9-17-20(18,19)13-6-5-11(8-16)14(15)7-13/h5-7,10,12,17H,2-4,8-9,16H2,1H3. The van der Waals surface area contributed by atoms with Gasteiger partial charge in [-0.25, -0.2) is 13.1 Å². The number of halogens is 1. The van der Waals surface area contributed by atoms with Crippen molar-refractivity contribution in [2.24, 2.45) is 17.6 Å². The van der Waals surface area contributed by atoms with Crippen LogP contribution in [0.1, 0.15) is 31.7 Å². The van der Waals surface area contributed by atoms with E-state index in [0.717, 1.165) is 12.0 Å². The molecule has 0 saturated heterocycles. The first-order valence-corrected chi connectivity index (χ1v) is 8.78. The summed E-state index contributed by atoms with van der Waals surface area (Å²) in [5, 5.41) is 0.393. The summed E-state index contributed by atoms with van der Waals surface area (Å²) >= 11 is 6.01. The first-order chi connectivity index (χ1) is 9.44. The maximum absolute atomic E-state index is 12.2. The number of hydrogen-bond donors (Lipinski definition) is 2. The molecule has 1 aliphatic carbocycles. The first kappa shape index (κ1) is 15.8. The van der Waals surface area contributed by atoms with E-state index in [1.54, 1.807) is 12.1 Å². The van der Waals surface area contributed by atoms with Crippen molar-refractivity contribution in [2.75, 3.05) is 6.54 Å². The summed E-state index contributed by atoms with van der Waals surface area (Å²) in [5.74, 6) is 1.02. The molecule has 1 aliphatic rings. The molecule has 1 fully saturated rings. The predicted octanol–water partition coefficient (Wildman–Crippen LogP) is 2.51. The summed E-state index contributed by atoms with van der Waals surface area (Å²) in [6, 6.07) is 4.67. The Bertz CT molecular complexity index is 575. The minimum Gasteiger partial charge on any atom is -0.326 e. The van der Waals surface area contributed by atoms with Crippen LogP contribution >= 0.6 is 11.6 Å². The van der Waals surface area contributed by atoms with Gasteiger partial charge in [0.2, 0.25) is 10.0 Å². The molecule has 112 valence electrons. The summed E-state index contributed by atoms with van der Waals surface area (Å²) in [5.41, 5.74) is 6.26. The van der Waals surface area contributed by atoms with Gasteiger partial charge in [-0.1, -0.05) is 37.4 Å². The lowest BCUT2D eigenvalue weighted by molar-refractivity contribution is 0.414. The van der Waals surface area contributed by atoms with E-state index in [9.17, 15) is 8.42 Å². The van der Waals surface area contributed by atoms with E-state index < -0.39 is 10.0 Å². The molecule has 2 unspecified atom stereocenters. The molecule has 0 aromatic heterocycles. The minimum atomic E-state index is -3.49. The van der Waals surface area contributed by atoms with Crippen LogP contribution in [0.2, 0.25) is 5.02 Å². The highest BCUT2D eigenvalue weighted by molar-refractivity contribution is 7.89. The van der Waals surface area contributed by atoms with Gasteiger partial charge in [-0.3, -0.25) is 0 Å². The average molecular weight is 317 g/mol. The topological polar surface area (TPSA) is 72.2 Å². The Balaban J connectivity index is 2.08. The van der Waals surface area contributed by atoms with Crippen LogP contribution in [0.3, 0.4) is 0 Å².